The summed E-state index contributed by atoms with van der Waals surface area (Å²) in [6.07, 6.45) is 1.30. The quantitative estimate of drug-likeness (QED) is 0.654. The van der Waals surface area contributed by atoms with E-state index in [1.165, 1.54) is 16.8 Å². The summed E-state index contributed by atoms with van der Waals surface area (Å²) in [5.41, 5.74) is 0.644. The number of nitrogens with zero attached hydrogens (tertiary/aromatic N) is 4. The maximum atomic E-state index is 12.7. The fraction of sp³-hybridized carbons (Fsp3) is 0.250. The van der Waals surface area contributed by atoms with Crippen LogP contribution in [0.5, 0.6) is 0 Å². The van der Waals surface area contributed by atoms with Gasteiger partial charge in [0, 0.05) is 14.1 Å². The van der Waals surface area contributed by atoms with Gasteiger partial charge in [0.05, 0.1) is 6.20 Å². The minimum atomic E-state index is -0.317. The number of fused-ring (bicyclic) bond motifs is 1. The molecule has 0 aliphatic rings. The van der Waals surface area contributed by atoms with E-state index in [0.717, 1.165) is 0 Å². The third kappa shape index (κ3) is 1.32. The molecule has 0 atom stereocenters. The number of hydrogen-bond donors (Lipinski definition) is 0. The molecule has 0 saturated heterocycles. The van der Waals surface area contributed by atoms with Crippen molar-refractivity contribution < 1.29 is 4.39 Å². The van der Waals surface area contributed by atoms with E-state index in [9.17, 15) is 4.39 Å². The fourth-order valence-corrected chi connectivity index (χ4v) is 1.04. The van der Waals surface area contributed by atoms with Gasteiger partial charge in [-0.2, -0.15) is 4.98 Å². The van der Waals surface area contributed by atoms with E-state index in [1.54, 1.807) is 11.0 Å². The Bertz CT molecular complexity index is 435. The van der Waals surface area contributed by atoms with Gasteiger partial charge in [-0.05, 0) is 12.1 Å². The summed E-state index contributed by atoms with van der Waals surface area (Å²) in [6, 6.07) is 2.96. The first kappa shape index (κ1) is 7.97. The molecule has 13 heavy (non-hydrogen) atoms. The molecule has 0 unspecified atom stereocenters. The lowest BCUT2D eigenvalue weighted by Gasteiger charge is -2.03. The van der Waals surface area contributed by atoms with Crippen molar-refractivity contribution in [2.24, 2.45) is 0 Å². The number of hydrogen-bond acceptors (Lipinski definition) is 3. The Morgan fingerprint density at radius 3 is 2.85 bits per heavy atom. The molecule has 2 aromatic rings. The first-order valence-corrected chi connectivity index (χ1v) is 3.86. The standard InChI is InChI=1S/C8H9FN4/c1-12(2)8-10-7-4-3-6(9)5-13(7)11-8/h3-5H,1-2H3. The summed E-state index contributed by atoms with van der Waals surface area (Å²) in [4.78, 5) is 5.93. The van der Waals surface area contributed by atoms with E-state index >= 15 is 0 Å². The second-order valence-corrected chi connectivity index (χ2v) is 2.96. The first-order chi connectivity index (χ1) is 6.16. The average Bonchev–Trinajstić information content (AvgIpc) is 2.46. The molecule has 0 saturated carbocycles. The van der Waals surface area contributed by atoms with Crippen LogP contribution in [0.25, 0.3) is 5.65 Å². The molecule has 0 radical (unpaired) electrons. The van der Waals surface area contributed by atoms with Crippen LogP contribution in [-0.4, -0.2) is 28.7 Å². The van der Waals surface area contributed by atoms with E-state index in [2.05, 4.69) is 10.1 Å². The second-order valence-electron chi connectivity index (χ2n) is 2.96. The summed E-state index contributed by atoms with van der Waals surface area (Å²) in [5.74, 6) is 0.258. The molecule has 0 fully saturated rings. The Labute approximate surface area is 74.6 Å². The van der Waals surface area contributed by atoms with Crippen molar-refractivity contribution in [3.63, 3.8) is 0 Å². The zero-order chi connectivity index (χ0) is 9.42. The van der Waals surface area contributed by atoms with E-state index in [0.29, 0.717) is 11.6 Å². The molecule has 0 bridgehead atoms. The van der Waals surface area contributed by atoms with E-state index < -0.39 is 0 Å². The Balaban J connectivity index is 2.62. The van der Waals surface area contributed by atoms with Gasteiger partial charge in [-0.25, -0.2) is 8.91 Å². The van der Waals surface area contributed by atoms with Crippen molar-refractivity contribution in [1.82, 2.24) is 14.6 Å². The first-order valence-electron chi connectivity index (χ1n) is 3.86. The highest BCUT2D eigenvalue weighted by Crippen LogP contribution is 2.08. The van der Waals surface area contributed by atoms with Crippen LogP contribution in [0, 0.1) is 5.82 Å². The van der Waals surface area contributed by atoms with Crippen molar-refractivity contribution in [1.29, 1.82) is 0 Å². The van der Waals surface area contributed by atoms with Crippen molar-refractivity contribution >= 4 is 11.6 Å². The van der Waals surface area contributed by atoms with Gasteiger partial charge in [-0.15, -0.1) is 5.10 Å². The lowest BCUT2D eigenvalue weighted by molar-refractivity contribution is 0.614. The van der Waals surface area contributed by atoms with Crippen LogP contribution in [0.15, 0.2) is 18.3 Å². The Morgan fingerprint density at radius 1 is 1.38 bits per heavy atom. The Morgan fingerprint density at radius 2 is 2.15 bits per heavy atom. The SMILES string of the molecule is CN(C)c1nc2ccc(F)cn2n1. The summed E-state index contributed by atoms with van der Waals surface area (Å²) >= 11 is 0. The predicted octanol–water partition coefficient (Wildman–Crippen LogP) is 0.934. The summed E-state index contributed by atoms with van der Waals surface area (Å²) in [7, 11) is 3.68. The van der Waals surface area contributed by atoms with Crippen LogP contribution in [0.1, 0.15) is 0 Å². The highest BCUT2D eigenvalue weighted by Gasteiger charge is 2.04. The zero-order valence-corrected chi connectivity index (χ0v) is 7.40. The molecule has 5 heteroatoms. The lowest BCUT2D eigenvalue weighted by atomic mass is 10.5. The topological polar surface area (TPSA) is 33.4 Å². The van der Waals surface area contributed by atoms with Gasteiger partial charge in [-0.1, -0.05) is 0 Å². The lowest BCUT2D eigenvalue weighted by Crippen LogP contribution is -2.10. The van der Waals surface area contributed by atoms with Gasteiger partial charge in [-0.3, -0.25) is 0 Å². The maximum absolute atomic E-state index is 12.7. The fourth-order valence-electron chi connectivity index (χ4n) is 1.04. The predicted molar refractivity (Wildman–Crippen MR) is 47.3 cm³/mol. The Hall–Kier alpha value is -1.65. The van der Waals surface area contributed by atoms with Crippen molar-refractivity contribution in [2.45, 2.75) is 0 Å². The van der Waals surface area contributed by atoms with E-state index in [4.69, 9.17) is 0 Å². The minimum Gasteiger partial charge on any atom is -0.346 e. The van der Waals surface area contributed by atoms with Crippen LogP contribution in [0.3, 0.4) is 0 Å². The van der Waals surface area contributed by atoms with Crippen LogP contribution >= 0.6 is 0 Å². The number of aromatic nitrogens is 3. The highest BCUT2D eigenvalue weighted by molar-refractivity contribution is 5.43. The number of halogens is 1. The van der Waals surface area contributed by atoms with Gasteiger partial charge < -0.3 is 4.90 Å². The third-order valence-electron chi connectivity index (χ3n) is 1.68. The third-order valence-corrected chi connectivity index (χ3v) is 1.68. The molecule has 0 spiro atoms. The van der Waals surface area contributed by atoms with Crippen LogP contribution in [0.2, 0.25) is 0 Å². The van der Waals surface area contributed by atoms with Gasteiger partial charge in [0.25, 0.3) is 0 Å². The molecule has 0 aromatic carbocycles. The molecular formula is C8H9FN4. The molecule has 0 aliphatic heterocycles. The van der Waals surface area contributed by atoms with Crippen LogP contribution < -0.4 is 4.90 Å². The summed E-state index contributed by atoms with van der Waals surface area (Å²) < 4.78 is 14.2. The normalized spacial score (nSPS) is 10.7. The molecule has 2 heterocycles. The maximum Gasteiger partial charge on any atom is 0.245 e. The number of rotatable bonds is 1. The van der Waals surface area contributed by atoms with Gasteiger partial charge in [0.15, 0.2) is 5.65 Å². The second kappa shape index (κ2) is 2.69. The molecule has 0 aliphatic carbocycles. The molecule has 68 valence electrons. The van der Waals surface area contributed by atoms with Crippen molar-refractivity contribution in [3.05, 3.63) is 24.1 Å². The van der Waals surface area contributed by atoms with Gasteiger partial charge >= 0.3 is 0 Å². The summed E-state index contributed by atoms with van der Waals surface area (Å²) in [6.45, 7) is 0. The molecule has 4 nitrogen and oxygen atoms in total. The highest BCUT2D eigenvalue weighted by atomic mass is 19.1. The Kier molecular flexibility index (Phi) is 1.65. The minimum absolute atomic E-state index is 0.317. The summed E-state index contributed by atoms with van der Waals surface area (Å²) in [5, 5.41) is 4.06. The number of anilines is 1. The van der Waals surface area contributed by atoms with Crippen LogP contribution in [-0.2, 0) is 0 Å². The zero-order valence-electron chi connectivity index (χ0n) is 7.40. The smallest absolute Gasteiger partial charge is 0.245 e. The largest absolute Gasteiger partial charge is 0.346 e. The average molecular weight is 180 g/mol. The molecule has 0 amide bonds. The number of pyridine rings is 1. The van der Waals surface area contributed by atoms with E-state index in [1.807, 2.05) is 14.1 Å². The van der Waals surface area contributed by atoms with Crippen LogP contribution in [0.4, 0.5) is 10.3 Å². The van der Waals surface area contributed by atoms with E-state index in [-0.39, 0.29) is 5.82 Å². The monoisotopic (exact) mass is 180 g/mol. The molecule has 2 rings (SSSR count). The van der Waals surface area contributed by atoms with Gasteiger partial charge in [0.2, 0.25) is 5.95 Å². The van der Waals surface area contributed by atoms with Crippen molar-refractivity contribution in [2.75, 3.05) is 19.0 Å². The molecular weight excluding hydrogens is 171 g/mol. The van der Waals surface area contributed by atoms with Gasteiger partial charge in [0.1, 0.15) is 5.82 Å². The molecule has 2 aromatic heterocycles. The molecule has 0 N–H and O–H groups in total. The van der Waals surface area contributed by atoms with Crippen molar-refractivity contribution in [3.8, 4) is 0 Å².